The van der Waals surface area contributed by atoms with Gasteiger partial charge in [0.15, 0.2) is 0 Å². The monoisotopic (exact) mass is 400 g/mol. The molecule has 0 heterocycles. The number of halogens is 3. The Labute approximate surface area is 134 Å². The van der Waals surface area contributed by atoms with Gasteiger partial charge in [-0.3, -0.25) is 0 Å². The van der Waals surface area contributed by atoms with Crippen molar-refractivity contribution in [3.63, 3.8) is 0 Å². The molecule has 0 N–H and O–H groups in total. The van der Waals surface area contributed by atoms with Crippen LogP contribution in [0.4, 0.5) is 0 Å². The minimum Gasteiger partial charge on any atom is -0.487 e. The molecule has 0 saturated carbocycles. The van der Waals surface area contributed by atoms with Crippen LogP contribution in [0, 0.1) is 0 Å². The van der Waals surface area contributed by atoms with Gasteiger partial charge < -0.3 is 4.74 Å². The lowest BCUT2D eigenvalue weighted by Gasteiger charge is -2.08. The summed E-state index contributed by atoms with van der Waals surface area (Å²) in [6.45, 7) is 0.512. The average molecular weight is 403 g/mol. The van der Waals surface area contributed by atoms with E-state index in [4.69, 9.17) is 16.3 Å². The molecule has 0 bridgehead atoms. The Morgan fingerprint density at radius 3 is 2.47 bits per heavy atom. The molecule has 2 aromatic carbocycles. The third kappa shape index (κ3) is 4.68. The Bertz CT molecular complexity index is 578. The molecule has 0 fully saturated rings. The highest BCUT2D eigenvalue weighted by Gasteiger charge is 2.03. The predicted octanol–water partition coefficient (Wildman–Crippen LogP) is 6.01. The van der Waals surface area contributed by atoms with Crippen molar-refractivity contribution in [2.75, 3.05) is 0 Å². The van der Waals surface area contributed by atoms with Gasteiger partial charge in [0.05, 0.1) is 8.41 Å². The maximum atomic E-state index is 6.19. The summed E-state index contributed by atoms with van der Waals surface area (Å²) in [6.07, 6.45) is 1.92. The molecule has 0 atom stereocenters. The van der Waals surface area contributed by atoms with Crippen molar-refractivity contribution in [2.45, 2.75) is 6.61 Å². The summed E-state index contributed by atoms with van der Waals surface area (Å²) in [4.78, 5) is 0. The molecule has 1 nitrogen and oxygen atoms in total. The molecule has 0 spiro atoms. The topological polar surface area (TPSA) is 9.23 Å². The molecule has 0 saturated heterocycles. The Morgan fingerprint density at radius 2 is 1.84 bits per heavy atom. The van der Waals surface area contributed by atoms with E-state index in [9.17, 15) is 0 Å². The molecule has 4 heteroatoms. The molecule has 2 rings (SSSR count). The van der Waals surface area contributed by atoms with Crippen molar-refractivity contribution in [1.82, 2.24) is 0 Å². The van der Waals surface area contributed by atoms with Crippen molar-refractivity contribution in [1.29, 1.82) is 0 Å². The minimum absolute atomic E-state index is 0.512. The van der Waals surface area contributed by atoms with E-state index in [1.165, 1.54) is 0 Å². The van der Waals surface area contributed by atoms with Gasteiger partial charge in [-0.05, 0) is 61.2 Å². The summed E-state index contributed by atoms with van der Waals surface area (Å²) in [5.41, 5.74) is 2.12. The third-order valence-electron chi connectivity index (χ3n) is 2.47. The van der Waals surface area contributed by atoms with Crippen LogP contribution in [-0.4, -0.2) is 0 Å². The van der Waals surface area contributed by atoms with Crippen LogP contribution >= 0.6 is 43.5 Å². The molecule has 0 aliphatic rings. The van der Waals surface area contributed by atoms with Crippen LogP contribution in [0.15, 0.2) is 51.9 Å². The maximum Gasteiger partial charge on any atom is 0.138 e. The normalized spacial score (nSPS) is 10.1. The molecule has 0 aromatic heterocycles. The molecular weight excluding hydrogens is 391 g/mol. The van der Waals surface area contributed by atoms with Crippen LogP contribution in [-0.2, 0) is 6.61 Å². The number of hydrogen-bond acceptors (Lipinski definition) is 1. The largest absolute Gasteiger partial charge is 0.487 e. The van der Waals surface area contributed by atoms with Gasteiger partial charge >= 0.3 is 0 Å². The number of hydrogen-bond donors (Lipinski definition) is 0. The van der Waals surface area contributed by atoms with Crippen molar-refractivity contribution >= 4 is 49.5 Å². The fourth-order valence-corrected chi connectivity index (χ4v) is 2.36. The minimum atomic E-state index is 0.512. The van der Waals surface area contributed by atoms with E-state index >= 15 is 0 Å². The highest BCUT2D eigenvalue weighted by atomic mass is 79.9. The van der Waals surface area contributed by atoms with E-state index in [1.807, 2.05) is 54.6 Å². The van der Waals surface area contributed by atoms with Gasteiger partial charge in [-0.1, -0.05) is 48.0 Å². The standard InChI is InChI=1S/C15H11Br2ClO/c16-15(17)9-12-6-7-14(13(18)8-12)19-10-11-4-2-1-3-5-11/h1-9H,10H2. The SMILES string of the molecule is Clc1cc(C=C(Br)Br)ccc1OCc1ccccc1. The Balaban J connectivity index is 2.07. The van der Waals surface area contributed by atoms with Gasteiger partial charge in [-0.25, -0.2) is 0 Å². The second kappa shape index (κ2) is 7.13. The van der Waals surface area contributed by atoms with Crippen LogP contribution in [0.5, 0.6) is 5.75 Å². The van der Waals surface area contributed by atoms with Crippen molar-refractivity contribution in [3.05, 3.63) is 68.1 Å². The quantitative estimate of drug-likeness (QED) is 0.609. The van der Waals surface area contributed by atoms with Gasteiger partial charge in [0.2, 0.25) is 0 Å². The lowest BCUT2D eigenvalue weighted by molar-refractivity contribution is 0.306. The highest BCUT2D eigenvalue weighted by molar-refractivity contribution is 9.28. The summed E-state index contributed by atoms with van der Waals surface area (Å²) < 4.78 is 6.58. The van der Waals surface area contributed by atoms with E-state index in [0.29, 0.717) is 17.4 Å². The van der Waals surface area contributed by atoms with Crippen molar-refractivity contribution in [2.24, 2.45) is 0 Å². The second-order valence-electron chi connectivity index (χ2n) is 3.90. The molecule has 0 amide bonds. The molecule has 0 unspecified atom stereocenters. The number of ether oxygens (including phenoxy) is 1. The third-order valence-corrected chi connectivity index (χ3v) is 3.22. The average Bonchev–Trinajstić information content (AvgIpc) is 2.38. The summed E-state index contributed by atoms with van der Waals surface area (Å²) in [6, 6.07) is 15.7. The first-order chi connectivity index (χ1) is 9.15. The molecule has 19 heavy (non-hydrogen) atoms. The van der Waals surface area contributed by atoms with Gasteiger partial charge in [0, 0.05) is 0 Å². The molecule has 0 aliphatic heterocycles. The van der Waals surface area contributed by atoms with Crippen LogP contribution < -0.4 is 4.74 Å². The van der Waals surface area contributed by atoms with Gasteiger partial charge in [0.25, 0.3) is 0 Å². The van der Waals surface area contributed by atoms with E-state index in [1.54, 1.807) is 0 Å². The highest BCUT2D eigenvalue weighted by Crippen LogP contribution is 2.28. The van der Waals surface area contributed by atoms with Crippen molar-refractivity contribution in [3.8, 4) is 5.75 Å². The maximum absolute atomic E-state index is 6.19. The van der Waals surface area contributed by atoms with E-state index in [2.05, 4.69) is 31.9 Å². The van der Waals surface area contributed by atoms with E-state index in [-0.39, 0.29) is 0 Å². The first kappa shape index (κ1) is 14.6. The summed E-state index contributed by atoms with van der Waals surface area (Å²) >= 11 is 12.8. The van der Waals surface area contributed by atoms with E-state index < -0.39 is 0 Å². The fraction of sp³-hybridized carbons (Fsp3) is 0.0667. The van der Waals surface area contributed by atoms with Crippen molar-refractivity contribution < 1.29 is 4.74 Å². The van der Waals surface area contributed by atoms with Crippen LogP contribution in [0.3, 0.4) is 0 Å². The van der Waals surface area contributed by atoms with E-state index in [0.717, 1.165) is 14.5 Å². The molecular formula is C15H11Br2ClO. The Morgan fingerprint density at radius 1 is 1.11 bits per heavy atom. The summed E-state index contributed by atoms with van der Waals surface area (Å²) in [5, 5.41) is 0.603. The number of benzene rings is 2. The smallest absolute Gasteiger partial charge is 0.138 e. The molecule has 2 aromatic rings. The zero-order valence-corrected chi connectivity index (χ0v) is 13.9. The predicted molar refractivity (Wildman–Crippen MR) is 88.1 cm³/mol. The van der Waals surface area contributed by atoms with Crippen LogP contribution in [0.2, 0.25) is 5.02 Å². The zero-order chi connectivity index (χ0) is 13.7. The molecule has 0 radical (unpaired) electrons. The molecule has 98 valence electrons. The molecule has 0 aliphatic carbocycles. The van der Waals surface area contributed by atoms with Gasteiger partial charge in [-0.15, -0.1) is 0 Å². The van der Waals surface area contributed by atoms with Crippen LogP contribution in [0.1, 0.15) is 11.1 Å². The Kier molecular flexibility index (Phi) is 5.49. The fourth-order valence-electron chi connectivity index (χ4n) is 1.59. The second-order valence-corrected chi connectivity index (χ2v) is 7.08. The first-order valence-corrected chi connectivity index (χ1v) is 7.60. The zero-order valence-electron chi connectivity index (χ0n) is 9.95. The summed E-state index contributed by atoms with van der Waals surface area (Å²) in [5.74, 6) is 0.688. The Hall–Kier alpha value is -0.770. The van der Waals surface area contributed by atoms with Crippen LogP contribution in [0.25, 0.3) is 6.08 Å². The lowest BCUT2D eigenvalue weighted by atomic mass is 10.2. The number of rotatable bonds is 4. The van der Waals surface area contributed by atoms with Gasteiger partial charge in [-0.2, -0.15) is 0 Å². The van der Waals surface area contributed by atoms with Gasteiger partial charge in [0.1, 0.15) is 12.4 Å². The lowest BCUT2D eigenvalue weighted by Crippen LogP contribution is -1.95. The summed E-state index contributed by atoms with van der Waals surface area (Å²) in [7, 11) is 0. The first-order valence-electron chi connectivity index (χ1n) is 5.64.